The van der Waals surface area contributed by atoms with Gasteiger partial charge in [-0.15, -0.1) is 0 Å². The molecule has 3 atom stereocenters. The van der Waals surface area contributed by atoms with Gasteiger partial charge in [0.05, 0.1) is 33.8 Å². The Morgan fingerprint density at radius 3 is 1.19 bits per heavy atom. The molecule has 9 nitrogen and oxygen atoms in total. The molecule has 0 bridgehead atoms. The lowest BCUT2D eigenvalue weighted by atomic mass is 10.0. The molecule has 0 saturated carbocycles. The molecule has 2 N–H and O–H groups in total. The lowest BCUT2D eigenvalue weighted by molar-refractivity contribution is -0.870. The molecular formula is C69H130N2O7P+. The molecular weight excluding hydrogens is 1000 g/mol. The minimum absolute atomic E-state index is 0.0368. The van der Waals surface area contributed by atoms with E-state index < -0.39 is 20.0 Å². The molecule has 0 aromatic rings. The van der Waals surface area contributed by atoms with Crippen LogP contribution in [0.4, 0.5) is 0 Å². The summed E-state index contributed by atoms with van der Waals surface area (Å²) in [6.07, 6.45) is 75.0. The topological polar surface area (TPSA) is 111 Å². The molecule has 10 heteroatoms. The quantitative estimate of drug-likeness (QED) is 0.0205. The number of hydrogen-bond donors (Lipinski definition) is 2. The smallest absolute Gasteiger partial charge is 0.456 e. The lowest BCUT2D eigenvalue weighted by Gasteiger charge is -2.27. The highest BCUT2D eigenvalue weighted by atomic mass is 31.2. The van der Waals surface area contributed by atoms with Crippen molar-refractivity contribution in [2.24, 2.45) is 0 Å². The first kappa shape index (κ1) is 76.7. The van der Waals surface area contributed by atoms with E-state index in [-0.39, 0.29) is 31.5 Å². The zero-order valence-electron chi connectivity index (χ0n) is 52.9. The van der Waals surface area contributed by atoms with Crippen LogP contribution in [-0.4, -0.2) is 74.3 Å². The summed E-state index contributed by atoms with van der Waals surface area (Å²) in [6, 6.07) is -0.857. The van der Waals surface area contributed by atoms with Gasteiger partial charge in [0.2, 0.25) is 5.91 Å². The second kappa shape index (κ2) is 58.9. The van der Waals surface area contributed by atoms with Gasteiger partial charge in [-0.2, -0.15) is 0 Å². The Hall–Kier alpha value is -2.29. The molecule has 3 unspecified atom stereocenters. The summed E-state index contributed by atoms with van der Waals surface area (Å²) in [5.74, 6) is -0.511. The number of hydrogen-bond acceptors (Lipinski definition) is 6. The summed E-state index contributed by atoms with van der Waals surface area (Å²) in [5.41, 5.74) is 0. The Labute approximate surface area is 490 Å². The fourth-order valence-corrected chi connectivity index (χ4v) is 10.4. The number of carbonyl (C=O) groups is 2. The first-order valence-electron chi connectivity index (χ1n) is 33.6. The average Bonchev–Trinajstić information content (AvgIpc) is 3.41. The van der Waals surface area contributed by atoms with E-state index in [9.17, 15) is 19.0 Å². The fourth-order valence-electron chi connectivity index (χ4n) is 9.71. The van der Waals surface area contributed by atoms with Crippen LogP contribution < -0.4 is 5.32 Å². The van der Waals surface area contributed by atoms with Crippen molar-refractivity contribution < 1.29 is 37.3 Å². The Kier molecular flexibility index (Phi) is 57.2. The number of quaternary nitrogens is 1. The summed E-state index contributed by atoms with van der Waals surface area (Å²) in [5, 5.41) is 3.06. The van der Waals surface area contributed by atoms with E-state index >= 15 is 0 Å². The number of likely N-dealkylation sites (N-methyl/N-ethyl adjacent to an activating group) is 1. The first-order valence-corrected chi connectivity index (χ1v) is 35.1. The molecule has 1 amide bonds. The van der Waals surface area contributed by atoms with Gasteiger partial charge in [-0.05, 0) is 96.0 Å². The first-order chi connectivity index (χ1) is 38.4. The van der Waals surface area contributed by atoms with Gasteiger partial charge in [-0.1, -0.05) is 268 Å². The summed E-state index contributed by atoms with van der Waals surface area (Å²) in [6.45, 7) is 7.00. The number of phosphoric acid groups is 1. The number of amides is 1. The number of nitrogens with one attached hydrogen (secondary N) is 1. The van der Waals surface area contributed by atoms with Gasteiger partial charge < -0.3 is 19.4 Å². The van der Waals surface area contributed by atoms with Crippen LogP contribution in [0.5, 0.6) is 0 Å². The molecule has 0 spiro atoms. The van der Waals surface area contributed by atoms with Crippen LogP contribution in [0, 0.1) is 0 Å². The maximum Gasteiger partial charge on any atom is 0.472 e. The highest BCUT2D eigenvalue weighted by Crippen LogP contribution is 2.43. The number of rotatable bonds is 61. The molecule has 0 aliphatic carbocycles. The second-order valence-corrected chi connectivity index (χ2v) is 25.4. The molecule has 0 aromatic carbocycles. The number of carbonyl (C=O) groups excluding carboxylic acids is 2. The van der Waals surface area contributed by atoms with E-state index in [4.69, 9.17) is 13.8 Å². The molecule has 0 saturated heterocycles. The molecule has 0 rings (SSSR count). The van der Waals surface area contributed by atoms with Crippen LogP contribution >= 0.6 is 7.82 Å². The Morgan fingerprint density at radius 1 is 0.443 bits per heavy atom. The van der Waals surface area contributed by atoms with Crippen molar-refractivity contribution in [2.45, 2.75) is 328 Å². The predicted molar refractivity (Wildman–Crippen MR) is 342 cm³/mol. The molecule has 79 heavy (non-hydrogen) atoms. The Bertz CT molecular complexity index is 1540. The highest BCUT2D eigenvalue weighted by molar-refractivity contribution is 7.47. The van der Waals surface area contributed by atoms with Crippen LogP contribution in [0.2, 0.25) is 0 Å². The molecule has 0 fully saturated rings. The summed E-state index contributed by atoms with van der Waals surface area (Å²) in [7, 11) is 1.49. The maximum atomic E-state index is 13.6. The normalized spacial score (nSPS) is 14.0. The van der Waals surface area contributed by atoms with Gasteiger partial charge >= 0.3 is 13.8 Å². The van der Waals surface area contributed by atoms with Gasteiger partial charge in [-0.3, -0.25) is 18.6 Å². The van der Waals surface area contributed by atoms with E-state index in [1.54, 1.807) is 0 Å². The monoisotopic (exact) mass is 1130 g/mol. The molecule has 462 valence electrons. The third-order valence-corrected chi connectivity index (χ3v) is 15.9. The minimum Gasteiger partial charge on any atom is -0.456 e. The molecule has 0 aliphatic rings. The van der Waals surface area contributed by atoms with Crippen molar-refractivity contribution in [1.29, 1.82) is 0 Å². The van der Waals surface area contributed by atoms with Crippen molar-refractivity contribution >= 4 is 19.7 Å². The molecule has 0 aromatic heterocycles. The third-order valence-electron chi connectivity index (χ3n) is 14.9. The van der Waals surface area contributed by atoms with Gasteiger partial charge in [-0.25, -0.2) is 4.57 Å². The van der Waals surface area contributed by atoms with E-state index in [2.05, 4.69) is 74.7 Å². The number of ether oxygens (including phenoxy) is 1. The molecule has 0 radical (unpaired) electrons. The Morgan fingerprint density at radius 2 is 0.772 bits per heavy atom. The zero-order chi connectivity index (χ0) is 57.9. The van der Waals surface area contributed by atoms with Crippen molar-refractivity contribution in [3.05, 3.63) is 60.8 Å². The maximum absolute atomic E-state index is 13.6. The minimum atomic E-state index is -4.46. The largest absolute Gasteiger partial charge is 0.472 e. The number of esters is 1. The zero-order valence-corrected chi connectivity index (χ0v) is 53.8. The number of unbranched alkanes of at least 4 members (excludes halogenated alkanes) is 37. The summed E-state index contributed by atoms with van der Waals surface area (Å²) < 4.78 is 30.8. The van der Waals surface area contributed by atoms with Crippen molar-refractivity contribution in [1.82, 2.24) is 5.32 Å². The van der Waals surface area contributed by atoms with Crippen molar-refractivity contribution in [3.63, 3.8) is 0 Å². The van der Waals surface area contributed by atoms with Crippen molar-refractivity contribution in [2.75, 3.05) is 40.9 Å². The fraction of sp³-hybridized carbons (Fsp3) is 0.826. The van der Waals surface area contributed by atoms with Gasteiger partial charge in [0.25, 0.3) is 0 Å². The number of phosphoric ester groups is 1. The van der Waals surface area contributed by atoms with Crippen LogP contribution in [0.3, 0.4) is 0 Å². The lowest BCUT2D eigenvalue weighted by Crippen LogP contribution is -2.47. The van der Waals surface area contributed by atoms with Crippen LogP contribution in [0.1, 0.15) is 316 Å². The predicted octanol–water partition coefficient (Wildman–Crippen LogP) is 21.0. The Balaban J connectivity index is 5.21. The van der Waals surface area contributed by atoms with Crippen molar-refractivity contribution in [3.8, 4) is 0 Å². The van der Waals surface area contributed by atoms with E-state index in [0.29, 0.717) is 17.4 Å². The van der Waals surface area contributed by atoms with Crippen LogP contribution in [0.15, 0.2) is 60.8 Å². The summed E-state index contributed by atoms with van der Waals surface area (Å²) in [4.78, 5) is 37.8. The van der Waals surface area contributed by atoms with E-state index in [1.165, 1.54) is 199 Å². The molecule has 0 aliphatic heterocycles. The van der Waals surface area contributed by atoms with Gasteiger partial charge in [0.15, 0.2) is 0 Å². The third kappa shape index (κ3) is 60.1. The van der Waals surface area contributed by atoms with E-state index in [1.807, 2.05) is 33.3 Å². The van der Waals surface area contributed by atoms with Crippen LogP contribution in [-0.2, 0) is 27.9 Å². The SMILES string of the molecule is CCCCC/C=C\C/C=C\C/C=C\CCCCCCCCC(=O)NC(COP(=O)(O)OCC[N+](C)(C)C)C(/C=C/CCCCCCCCCCCCC)OC(=O)CCCCCCCCCCCCC/C=C/CCCCCCCC. The van der Waals surface area contributed by atoms with Crippen LogP contribution in [0.25, 0.3) is 0 Å². The van der Waals surface area contributed by atoms with Gasteiger partial charge in [0, 0.05) is 12.8 Å². The summed E-state index contributed by atoms with van der Waals surface area (Å²) >= 11 is 0. The molecule has 0 heterocycles. The average molecular weight is 1130 g/mol. The number of nitrogens with zero attached hydrogens (tertiary/aromatic N) is 1. The van der Waals surface area contributed by atoms with Gasteiger partial charge in [0.1, 0.15) is 19.3 Å². The highest BCUT2D eigenvalue weighted by Gasteiger charge is 2.30. The second-order valence-electron chi connectivity index (χ2n) is 24.0. The standard InChI is InChI=1S/C69H129N2O7P/c1-7-10-13-16-19-22-25-28-30-32-34-35-37-39-41-44-47-50-53-56-59-62-69(73)78-67(60-57-54-51-48-45-42-27-24-21-18-15-12-9-3)66(65-77-79(74,75)76-64-63-71(4,5)6)70-68(72)61-58-55-52-49-46-43-40-38-36-33-31-29-26-23-20-17-14-11-8-2/h20,23,28-31,36,38,57,60,66-67H,7-19,21-22,24-27,32-35,37,39-56,58-59,61-65H2,1-6H3,(H-,70,72,74,75)/p+1/b23-20-,30-28+,31-29-,38-36-,60-57+. The number of allylic oxidation sites excluding steroid dienone is 9. The van der Waals surface area contributed by atoms with E-state index in [0.717, 1.165) is 83.5 Å².